The highest BCUT2D eigenvalue weighted by Gasteiger charge is 2.27. The van der Waals surface area contributed by atoms with Gasteiger partial charge in [0.2, 0.25) is 11.8 Å². The molecular weight excluding hydrogens is 470 g/mol. The Bertz CT molecular complexity index is 1160. The van der Waals surface area contributed by atoms with Crippen LogP contribution in [0.15, 0.2) is 48.7 Å². The Morgan fingerprint density at radius 1 is 1.14 bits per heavy atom. The summed E-state index contributed by atoms with van der Waals surface area (Å²) < 4.78 is 4.69. The van der Waals surface area contributed by atoms with E-state index in [-0.39, 0.29) is 23.8 Å². The first-order valence-electron chi connectivity index (χ1n) is 12.9. The molecule has 5 N–H and O–H groups in total. The van der Waals surface area contributed by atoms with E-state index >= 15 is 0 Å². The number of nitrogens with zero attached hydrogens (tertiary/aromatic N) is 1. The summed E-state index contributed by atoms with van der Waals surface area (Å²) in [6.45, 7) is 0.678. The molecular formula is C28H35N5O4. The van der Waals surface area contributed by atoms with Crippen LogP contribution in [-0.2, 0) is 14.3 Å². The second kappa shape index (κ2) is 12.5. The molecule has 0 unspecified atom stereocenters. The van der Waals surface area contributed by atoms with Crippen LogP contribution < -0.4 is 21.7 Å². The number of carbonyl (C=O) groups is 3. The Morgan fingerprint density at radius 2 is 1.95 bits per heavy atom. The highest BCUT2D eigenvalue weighted by molar-refractivity contribution is 5.97. The predicted molar refractivity (Wildman–Crippen MR) is 143 cm³/mol. The molecule has 1 atom stereocenters. The van der Waals surface area contributed by atoms with Gasteiger partial charge in [0, 0.05) is 29.8 Å². The zero-order valence-corrected chi connectivity index (χ0v) is 21.2. The molecule has 2 heterocycles. The summed E-state index contributed by atoms with van der Waals surface area (Å²) in [6.07, 6.45) is 10.2. The molecule has 0 spiro atoms. The zero-order chi connectivity index (χ0) is 26.2. The number of hydrogen-bond donors (Lipinski definition) is 4. The first-order chi connectivity index (χ1) is 18.0. The molecule has 1 fully saturated rings. The number of nitrogens with one attached hydrogen (secondary N) is 3. The van der Waals surface area contributed by atoms with E-state index in [9.17, 15) is 14.4 Å². The number of ether oxygens (including phenoxy) is 1. The third-order valence-electron chi connectivity index (χ3n) is 7.12. The molecule has 1 saturated carbocycles. The summed E-state index contributed by atoms with van der Waals surface area (Å²) in [6, 6.07) is 8.81. The van der Waals surface area contributed by atoms with E-state index in [1.165, 1.54) is 7.11 Å². The minimum Gasteiger partial charge on any atom is -0.453 e. The van der Waals surface area contributed by atoms with Crippen LogP contribution in [0.4, 0.5) is 16.2 Å². The van der Waals surface area contributed by atoms with Gasteiger partial charge in [0.1, 0.15) is 0 Å². The quantitative estimate of drug-likeness (QED) is 0.451. The van der Waals surface area contributed by atoms with Gasteiger partial charge in [-0.2, -0.15) is 0 Å². The first-order valence-corrected chi connectivity index (χ1v) is 12.9. The number of nitrogens with two attached hydrogens (primary N) is 1. The maximum atomic E-state index is 13.2. The van der Waals surface area contributed by atoms with Gasteiger partial charge in [0.05, 0.1) is 24.5 Å². The maximum absolute atomic E-state index is 13.2. The van der Waals surface area contributed by atoms with E-state index < -0.39 is 6.09 Å². The van der Waals surface area contributed by atoms with Crippen molar-refractivity contribution in [2.45, 2.75) is 51.0 Å². The van der Waals surface area contributed by atoms with Crippen LogP contribution in [-0.4, -0.2) is 36.5 Å². The molecule has 2 aliphatic rings. The molecule has 9 heteroatoms. The zero-order valence-electron chi connectivity index (χ0n) is 21.2. The van der Waals surface area contributed by atoms with Crippen LogP contribution >= 0.6 is 0 Å². The number of fused-ring (bicyclic) bond motifs is 4. The van der Waals surface area contributed by atoms with Crippen LogP contribution in [0, 0.1) is 11.8 Å². The predicted octanol–water partition coefficient (Wildman–Crippen LogP) is 4.53. The van der Waals surface area contributed by atoms with Gasteiger partial charge in [-0.05, 0) is 80.8 Å². The van der Waals surface area contributed by atoms with Crippen molar-refractivity contribution in [2.75, 3.05) is 24.3 Å². The van der Waals surface area contributed by atoms with Crippen molar-refractivity contribution in [1.29, 1.82) is 0 Å². The average Bonchev–Trinajstić information content (AvgIpc) is 2.92. The highest BCUT2D eigenvalue weighted by Crippen LogP contribution is 2.33. The second-order valence-electron chi connectivity index (χ2n) is 9.65. The summed E-state index contributed by atoms with van der Waals surface area (Å²) in [5.74, 6) is 0.423. The molecule has 0 saturated heterocycles. The van der Waals surface area contributed by atoms with E-state index in [1.54, 1.807) is 18.3 Å². The molecule has 1 aliphatic carbocycles. The SMILES string of the molecule is COC(=O)Nc1ccc2c(c1)NC(=O)CC/C=C/C[C@H](NC(=O)C1CCC(CN)CC1)c1cc-2ccn1. The lowest BCUT2D eigenvalue weighted by molar-refractivity contribution is -0.127. The number of rotatable bonds is 4. The van der Waals surface area contributed by atoms with E-state index in [2.05, 4.69) is 25.7 Å². The topological polar surface area (TPSA) is 135 Å². The molecule has 37 heavy (non-hydrogen) atoms. The normalized spacial score (nSPS) is 22.6. The van der Waals surface area contributed by atoms with Gasteiger partial charge in [-0.1, -0.05) is 18.2 Å². The molecule has 1 aromatic heterocycles. The minimum atomic E-state index is -0.595. The van der Waals surface area contributed by atoms with E-state index in [4.69, 9.17) is 5.73 Å². The van der Waals surface area contributed by atoms with Crippen molar-refractivity contribution >= 4 is 29.3 Å². The number of carbonyl (C=O) groups excluding carboxylic acids is 3. The van der Waals surface area contributed by atoms with Gasteiger partial charge in [0.25, 0.3) is 0 Å². The Hall–Kier alpha value is -3.72. The fourth-order valence-corrected chi connectivity index (χ4v) is 4.93. The largest absolute Gasteiger partial charge is 0.453 e. The third-order valence-corrected chi connectivity index (χ3v) is 7.12. The number of pyridine rings is 1. The van der Waals surface area contributed by atoms with Crippen LogP contribution in [0.2, 0.25) is 0 Å². The number of amides is 3. The number of aromatic nitrogens is 1. The summed E-state index contributed by atoms with van der Waals surface area (Å²) in [5.41, 5.74) is 9.26. The lowest BCUT2D eigenvalue weighted by Gasteiger charge is -2.28. The summed E-state index contributed by atoms with van der Waals surface area (Å²) >= 11 is 0. The van der Waals surface area contributed by atoms with Crippen molar-refractivity contribution in [2.24, 2.45) is 17.6 Å². The van der Waals surface area contributed by atoms with Crippen molar-refractivity contribution in [1.82, 2.24) is 10.3 Å². The molecule has 1 aliphatic heterocycles. The second-order valence-corrected chi connectivity index (χ2v) is 9.65. The summed E-state index contributed by atoms with van der Waals surface area (Å²) in [5, 5.41) is 8.85. The van der Waals surface area contributed by atoms with Crippen molar-refractivity contribution in [3.8, 4) is 11.1 Å². The minimum absolute atomic E-state index is 0.0113. The van der Waals surface area contributed by atoms with Crippen LogP contribution in [0.3, 0.4) is 0 Å². The Kier molecular flexibility index (Phi) is 8.90. The van der Waals surface area contributed by atoms with Crippen molar-refractivity contribution < 1.29 is 19.1 Å². The van der Waals surface area contributed by atoms with E-state index in [0.717, 1.165) is 42.5 Å². The maximum Gasteiger partial charge on any atom is 0.411 e. The van der Waals surface area contributed by atoms with Gasteiger partial charge in [-0.15, -0.1) is 0 Å². The molecule has 1 aromatic carbocycles. The van der Waals surface area contributed by atoms with Crippen LogP contribution in [0.25, 0.3) is 11.1 Å². The van der Waals surface area contributed by atoms with Gasteiger partial charge in [0.15, 0.2) is 0 Å². The highest BCUT2D eigenvalue weighted by atomic mass is 16.5. The fraction of sp³-hybridized carbons (Fsp3) is 0.429. The number of benzene rings is 1. The summed E-state index contributed by atoms with van der Waals surface area (Å²) in [7, 11) is 1.29. The number of methoxy groups -OCH3 is 1. The molecule has 196 valence electrons. The number of allylic oxidation sites excluding steroid dienone is 1. The van der Waals surface area contributed by atoms with Crippen molar-refractivity contribution in [3.05, 3.63) is 54.4 Å². The molecule has 9 nitrogen and oxygen atoms in total. The fourth-order valence-electron chi connectivity index (χ4n) is 4.93. The lowest BCUT2D eigenvalue weighted by atomic mass is 9.81. The Labute approximate surface area is 217 Å². The first kappa shape index (κ1) is 26.3. The standard InChI is InChI=1S/C28H35N5O4/c1-37-28(36)31-21-11-12-22-20-13-14-30-25(15-20)23(5-3-2-4-6-26(34)32-24(22)16-21)33-27(35)19-9-7-18(17-29)8-10-19/h2-3,11-16,18-19,23H,4-10,17,29H2,1H3,(H,31,36)(H,32,34)(H,33,35)/b3-2+/t18?,19?,23-/m0/s1. The average molecular weight is 506 g/mol. The molecule has 0 radical (unpaired) electrons. The summed E-state index contributed by atoms with van der Waals surface area (Å²) in [4.78, 5) is 42.1. The van der Waals surface area contributed by atoms with Gasteiger partial charge < -0.3 is 21.1 Å². The van der Waals surface area contributed by atoms with Crippen LogP contribution in [0.5, 0.6) is 0 Å². The van der Waals surface area contributed by atoms with Gasteiger partial charge in [-0.3, -0.25) is 19.9 Å². The molecule has 4 rings (SSSR count). The smallest absolute Gasteiger partial charge is 0.411 e. The molecule has 3 amide bonds. The number of hydrogen-bond acceptors (Lipinski definition) is 6. The Morgan fingerprint density at radius 3 is 2.70 bits per heavy atom. The number of anilines is 2. The van der Waals surface area contributed by atoms with E-state index in [1.807, 2.05) is 30.4 Å². The molecule has 2 bridgehead atoms. The van der Waals surface area contributed by atoms with Crippen molar-refractivity contribution in [3.63, 3.8) is 0 Å². The van der Waals surface area contributed by atoms with Gasteiger partial charge in [-0.25, -0.2) is 4.79 Å². The van der Waals surface area contributed by atoms with Gasteiger partial charge >= 0.3 is 6.09 Å². The van der Waals surface area contributed by atoms with Crippen LogP contribution in [0.1, 0.15) is 56.7 Å². The molecule has 2 aromatic rings. The third kappa shape index (κ3) is 6.95. The Balaban J connectivity index is 1.63. The monoisotopic (exact) mass is 505 g/mol. The van der Waals surface area contributed by atoms with E-state index in [0.29, 0.717) is 43.1 Å². The lowest BCUT2D eigenvalue weighted by Crippen LogP contribution is -2.36.